The lowest BCUT2D eigenvalue weighted by Crippen LogP contribution is -2.23. The van der Waals surface area contributed by atoms with Gasteiger partial charge in [0, 0.05) is 0 Å². The summed E-state index contributed by atoms with van der Waals surface area (Å²) in [5.41, 5.74) is 9.00. The molecule has 1 heteroatoms. The zero-order valence-electron chi connectivity index (χ0n) is 9.79. The largest absolute Gasteiger partial charge is 0.330 e. The van der Waals surface area contributed by atoms with Gasteiger partial charge < -0.3 is 5.73 Å². The first-order valence-electron chi connectivity index (χ1n) is 5.94. The second kappa shape index (κ2) is 3.97. The highest BCUT2D eigenvalue weighted by Crippen LogP contribution is 2.44. The zero-order chi connectivity index (χ0) is 10.9. The minimum atomic E-state index is 0.230. The van der Waals surface area contributed by atoms with E-state index >= 15 is 0 Å². The Bertz CT molecular complexity index is 337. The molecule has 0 radical (unpaired) electrons. The van der Waals surface area contributed by atoms with Gasteiger partial charge in [0.25, 0.3) is 0 Å². The van der Waals surface area contributed by atoms with Crippen LogP contribution in [0.15, 0.2) is 24.3 Å². The Balaban J connectivity index is 2.33. The Morgan fingerprint density at radius 1 is 1.27 bits per heavy atom. The number of hydrogen-bond donors (Lipinski definition) is 1. The predicted octanol–water partition coefficient (Wildman–Crippen LogP) is 3.19. The van der Waals surface area contributed by atoms with Gasteiger partial charge in [-0.3, -0.25) is 0 Å². The monoisotopic (exact) mass is 203 g/mol. The molecule has 0 heterocycles. The van der Waals surface area contributed by atoms with Crippen LogP contribution in [0.25, 0.3) is 0 Å². The van der Waals surface area contributed by atoms with Crippen LogP contribution in [0.3, 0.4) is 0 Å². The van der Waals surface area contributed by atoms with Gasteiger partial charge in [0.2, 0.25) is 0 Å². The van der Waals surface area contributed by atoms with E-state index in [2.05, 4.69) is 38.1 Å². The maximum absolute atomic E-state index is 5.69. The molecule has 0 atom stereocenters. The third-order valence-corrected chi connectivity index (χ3v) is 3.48. The highest BCUT2D eigenvalue weighted by atomic mass is 14.5. The van der Waals surface area contributed by atoms with E-state index in [1.54, 1.807) is 5.56 Å². The summed E-state index contributed by atoms with van der Waals surface area (Å²) >= 11 is 0. The zero-order valence-corrected chi connectivity index (χ0v) is 9.79. The Labute approximate surface area is 92.7 Å². The van der Waals surface area contributed by atoms with Crippen LogP contribution in [-0.4, -0.2) is 6.54 Å². The molecule has 0 unspecified atom stereocenters. The third kappa shape index (κ3) is 2.23. The van der Waals surface area contributed by atoms with Crippen molar-refractivity contribution in [2.24, 2.45) is 5.73 Å². The Kier molecular flexibility index (Phi) is 2.83. The van der Waals surface area contributed by atoms with Crippen LogP contribution in [0.4, 0.5) is 0 Å². The smallest absolute Gasteiger partial charge is 0.00690 e. The fraction of sp³-hybridized carbons (Fsp3) is 0.571. The first-order chi connectivity index (χ1) is 7.15. The van der Waals surface area contributed by atoms with Crippen molar-refractivity contribution in [3.63, 3.8) is 0 Å². The Morgan fingerprint density at radius 2 is 1.93 bits per heavy atom. The molecule has 2 rings (SSSR count). The van der Waals surface area contributed by atoms with E-state index in [4.69, 9.17) is 5.73 Å². The molecule has 0 bridgehead atoms. The van der Waals surface area contributed by atoms with Crippen molar-refractivity contribution in [2.45, 2.75) is 44.4 Å². The number of rotatable bonds is 4. The first-order valence-corrected chi connectivity index (χ1v) is 5.94. The Hall–Kier alpha value is -0.820. The molecule has 1 aromatic rings. The summed E-state index contributed by atoms with van der Waals surface area (Å²) in [5.74, 6) is 0.832. The van der Waals surface area contributed by atoms with Crippen molar-refractivity contribution in [3.05, 3.63) is 35.4 Å². The van der Waals surface area contributed by atoms with E-state index in [0.717, 1.165) is 18.9 Å². The lowest BCUT2D eigenvalue weighted by molar-refractivity contribution is 0.483. The molecule has 0 amide bonds. The quantitative estimate of drug-likeness (QED) is 0.799. The van der Waals surface area contributed by atoms with Crippen LogP contribution < -0.4 is 5.73 Å². The van der Waals surface area contributed by atoms with Crippen molar-refractivity contribution < 1.29 is 0 Å². The van der Waals surface area contributed by atoms with E-state index in [9.17, 15) is 0 Å². The molecule has 1 aromatic carbocycles. The van der Waals surface area contributed by atoms with Gasteiger partial charge in [-0.15, -0.1) is 0 Å². The van der Waals surface area contributed by atoms with Crippen LogP contribution >= 0.6 is 0 Å². The lowest BCUT2D eigenvalue weighted by Gasteiger charge is -2.27. The van der Waals surface area contributed by atoms with Crippen LogP contribution in [0.1, 0.15) is 50.2 Å². The summed E-state index contributed by atoms with van der Waals surface area (Å²) in [4.78, 5) is 0. The van der Waals surface area contributed by atoms with Gasteiger partial charge in [-0.25, -0.2) is 0 Å². The number of hydrogen-bond acceptors (Lipinski definition) is 1. The van der Waals surface area contributed by atoms with Crippen molar-refractivity contribution in [1.82, 2.24) is 0 Å². The van der Waals surface area contributed by atoms with Crippen molar-refractivity contribution >= 4 is 0 Å². The molecule has 1 nitrogen and oxygen atoms in total. The molecular formula is C14H21N. The van der Waals surface area contributed by atoms with Crippen LogP contribution in [-0.2, 0) is 5.41 Å². The van der Waals surface area contributed by atoms with Gasteiger partial charge in [0.05, 0.1) is 0 Å². The summed E-state index contributed by atoms with van der Waals surface area (Å²) in [6, 6.07) is 8.89. The predicted molar refractivity (Wildman–Crippen MR) is 65.1 cm³/mol. The van der Waals surface area contributed by atoms with Crippen LogP contribution in [0.5, 0.6) is 0 Å². The van der Waals surface area contributed by atoms with Crippen molar-refractivity contribution in [2.75, 3.05) is 6.54 Å². The normalized spacial score (nSPS) is 16.7. The minimum Gasteiger partial charge on any atom is -0.330 e. The van der Waals surface area contributed by atoms with E-state index in [1.165, 1.54) is 18.4 Å². The highest BCUT2D eigenvalue weighted by Gasteiger charge is 2.30. The maximum atomic E-state index is 5.69. The van der Waals surface area contributed by atoms with E-state index in [-0.39, 0.29) is 5.41 Å². The van der Waals surface area contributed by atoms with E-state index in [1.807, 2.05) is 0 Å². The molecule has 0 spiro atoms. The lowest BCUT2D eigenvalue weighted by atomic mass is 9.78. The molecular weight excluding hydrogens is 182 g/mol. The maximum Gasteiger partial charge on any atom is -0.00690 e. The number of benzene rings is 1. The number of nitrogens with two attached hydrogens (primary N) is 1. The van der Waals surface area contributed by atoms with Crippen LogP contribution in [0.2, 0.25) is 0 Å². The summed E-state index contributed by atoms with van der Waals surface area (Å²) in [6.45, 7) is 5.38. The molecule has 1 fully saturated rings. The fourth-order valence-electron chi connectivity index (χ4n) is 2.36. The molecule has 0 aromatic heterocycles. The Morgan fingerprint density at radius 3 is 2.53 bits per heavy atom. The second-order valence-corrected chi connectivity index (χ2v) is 5.28. The molecule has 0 saturated heterocycles. The average molecular weight is 203 g/mol. The van der Waals surface area contributed by atoms with Gasteiger partial charge in [0.1, 0.15) is 0 Å². The van der Waals surface area contributed by atoms with Gasteiger partial charge in [-0.05, 0) is 48.3 Å². The average Bonchev–Trinajstić information content (AvgIpc) is 3.01. The molecule has 82 valence electrons. The molecule has 2 N–H and O–H groups in total. The van der Waals surface area contributed by atoms with E-state index in [0.29, 0.717) is 0 Å². The van der Waals surface area contributed by atoms with Crippen LogP contribution in [0, 0.1) is 0 Å². The summed E-state index contributed by atoms with van der Waals surface area (Å²) in [5, 5.41) is 0. The molecule has 15 heavy (non-hydrogen) atoms. The summed E-state index contributed by atoms with van der Waals surface area (Å²) in [6.07, 6.45) is 3.81. The molecule has 0 aliphatic heterocycles. The molecule has 1 aliphatic carbocycles. The minimum absolute atomic E-state index is 0.230. The second-order valence-electron chi connectivity index (χ2n) is 5.28. The van der Waals surface area contributed by atoms with Gasteiger partial charge in [-0.2, -0.15) is 0 Å². The topological polar surface area (TPSA) is 26.0 Å². The highest BCUT2D eigenvalue weighted by molar-refractivity contribution is 5.38. The summed E-state index contributed by atoms with van der Waals surface area (Å²) < 4.78 is 0. The van der Waals surface area contributed by atoms with Crippen molar-refractivity contribution in [1.29, 1.82) is 0 Å². The van der Waals surface area contributed by atoms with Crippen molar-refractivity contribution in [3.8, 4) is 0 Å². The standard InChI is InChI=1S/C14H21N/c1-14(2,9-10-15)13-6-4-3-5-12(13)11-7-8-11/h3-6,11H,7-10,15H2,1-2H3. The van der Waals surface area contributed by atoms with Gasteiger partial charge in [0.15, 0.2) is 0 Å². The van der Waals surface area contributed by atoms with Gasteiger partial charge >= 0.3 is 0 Å². The molecule has 1 aliphatic rings. The first kappa shape index (κ1) is 10.7. The summed E-state index contributed by atoms with van der Waals surface area (Å²) in [7, 11) is 0. The van der Waals surface area contributed by atoms with E-state index < -0.39 is 0 Å². The molecule has 1 saturated carbocycles. The fourth-order valence-corrected chi connectivity index (χ4v) is 2.36. The SMILES string of the molecule is CC(C)(CCN)c1ccccc1C1CC1. The van der Waals surface area contributed by atoms with Gasteiger partial charge in [-0.1, -0.05) is 38.1 Å². The third-order valence-electron chi connectivity index (χ3n) is 3.48.